The minimum Gasteiger partial charge on any atom is -0.398 e. The first kappa shape index (κ1) is 17.5. The third kappa shape index (κ3) is 6.17. The molecular weight excluding hydrogens is 262 g/mol. The highest BCUT2D eigenvalue weighted by Gasteiger charge is 2.08. The number of carbonyl (C=O) groups excluding carboxylic acids is 1. The summed E-state index contributed by atoms with van der Waals surface area (Å²) in [5, 5.41) is 2.95. The van der Waals surface area contributed by atoms with Crippen molar-refractivity contribution in [3.63, 3.8) is 0 Å². The monoisotopic (exact) mass is 291 g/mol. The summed E-state index contributed by atoms with van der Waals surface area (Å²) in [6, 6.07) is 5.60. The minimum absolute atomic E-state index is 0.0663. The standard InChI is InChI=1S/C17H29N3O/c1-4-11-20(12-5-2)13-7-10-17(21)19-16-9-6-8-15(18)14(16)3/h6,8-9H,4-5,7,10-13,18H2,1-3H3,(H,19,21). The Balaban J connectivity index is 2.38. The maximum absolute atomic E-state index is 12.0. The molecule has 0 bridgehead atoms. The first-order chi connectivity index (χ1) is 10.1. The fourth-order valence-corrected chi connectivity index (χ4v) is 2.43. The van der Waals surface area contributed by atoms with Crippen molar-refractivity contribution in [3.8, 4) is 0 Å². The normalized spacial score (nSPS) is 10.9. The number of nitrogens with one attached hydrogen (secondary N) is 1. The lowest BCUT2D eigenvalue weighted by atomic mass is 10.1. The van der Waals surface area contributed by atoms with Crippen LogP contribution in [0.3, 0.4) is 0 Å². The number of nitrogens with zero attached hydrogens (tertiary/aromatic N) is 1. The lowest BCUT2D eigenvalue weighted by molar-refractivity contribution is -0.116. The van der Waals surface area contributed by atoms with Crippen LogP contribution in [0.1, 0.15) is 45.1 Å². The number of anilines is 2. The van der Waals surface area contributed by atoms with Gasteiger partial charge >= 0.3 is 0 Å². The predicted molar refractivity (Wildman–Crippen MR) is 90.5 cm³/mol. The van der Waals surface area contributed by atoms with Gasteiger partial charge in [0.25, 0.3) is 0 Å². The summed E-state index contributed by atoms with van der Waals surface area (Å²) in [5.41, 5.74) is 8.31. The van der Waals surface area contributed by atoms with Crippen molar-refractivity contribution >= 4 is 17.3 Å². The van der Waals surface area contributed by atoms with Gasteiger partial charge in [-0.1, -0.05) is 19.9 Å². The summed E-state index contributed by atoms with van der Waals surface area (Å²) < 4.78 is 0. The van der Waals surface area contributed by atoms with E-state index in [0.717, 1.165) is 50.1 Å². The number of benzene rings is 1. The number of carbonyl (C=O) groups is 1. The molecule has 1 rings (SSSR count). The molecule has 4 nitrogen and oxygen atoms in total. The topological polar surface area (TPSA) is 58.4 Å². The predicted octanol–water partition coefficient (Wildman–Crippen LogP) is 3.42. The molecule has 1 amide bonds. The van der Waals surface area contributed by atoms with Crippen LogP contribution in [0.15, 0.2) is 18.2 Å². The number of rotatable bonds is 9. The summed E-state index contributed by atoms with van der Waals surface area (Å²) in [5.74, 6) is 0.0663. The van der Waals surface area contributed by atoms with E-state index in [2.05, 4.69) is 24.1 Å². The van der Waals surface area contributed by atoms with Crippen molar-refractivity contribution in [1.82, 2.24) is 4.90 Å². The molecule has 0 atom stereocenters. The lowest BCUT2D eigenvalue weighted by Gasteiger charge is -2.20. The quantitative estimate of drug-likeness (QED) is 0.685. The van der Waals surface area contributed by atoms with E-state index in [-0.39, 0.29) is 5.91 Å². The second-order valence-corrected chi connectivity index (χ2v) is 5.51. The number of hydrogen-bond donors (Lipinski definition) is 2. The molecule has 21 heavy (non-hydrogen) atoms. The molecule has 0 aliphatic carbocycles. The van der Waals surface area contributed by atoms with Crippen LogP contribution in [-0.2, 0) is 4.79 Å². The fourth-order valence-electron chi connectivity index (χ4n) is 2.43. The van der Waals surface area contributed by atoms with Crippen LogP contribution >= 0.6 is 0 Å². The van der Waals surface area contributed by atoms with E-state index in [1.807, 2.05) is 25.1 Å². The van der Waals surface area contributed by atoms with E-state index >= 15 is 0 Å². The van der Waals surface area contributed by atoms with Crippen LogP contribution in [0.4, 0.5) is 11.4 Å². The summed E-state index contributed by atoms with van der Waals surface area (Å²) in [6.45, 7) is 9.53. The van der Waals surface area contributed by atoms with Crippen LogP contribution in [0.5, 0.6) is 0 Å². The van der Waals surface area contributed by atoms with Crippen LogP contribution in [0, 0.1) is 6.92 Å². The van der Waals surface area contributed by atoms with Gasteiger partial charge in [0.1, 0.15) is 0 Å². The highest BCUT2D eigenvalue weighted by atomic mass is 16.1. The van der Waals surface area contributed by atoms with E-state index in [9.17, 15) is 4.79 Å². The van der Waals surface area contributed by atoms with E-state index in [0.29, 0.717) is 12.1 Å². The molecule has 0 unspecified atom stereocenters. The molecule has 1 aromatic carbocycles. The summed E-state index contributed by atoms with van der Waals surface area (Å²) in [6.07, 6.45) is 3.77. The van der Waals surface area contributed by atoms with Crippen molar-refractivity contribution in [2.24, 2.45) is 0 Å². The molecule has 1 aromatic rings. The molecule has 0 aliphatic rings. The van der Waals surface area contributed by atoms with Crippen LogP contribution < -0.4 is 11.1 Å². The van der Waals surface area contributed by atoms with Gasteiger partial charge in [0.15, 0.2) is 0 Å². The van der Waals surface area contributed by atoms with Gasteiger partial charge < -0.3 is 16.0 Å². The molecule has 0 fully saturated rings. The zero-order valence-electron chi connectivity index (χ0n) is 13.6. The largest absolute Gasteiger partial charge is 0.398 e. The van der Waals surface area contributed by atoms with Gasteiger partial charge in [-0.15, -0.1) is 0 Å². The van der Waals surface area contributed by atoms with Gasteiger partial charge in [-0.3, -0.25) is 4.79 Å². The van der Waals surface area contributed by atoms with Gasteiger partial charge in [-0.05, 0) is 63.5 Å². The Morgan fingerprint density at radius 1 is 1.19 bits per heavy atom. The summed E-state index contributed by atoms with van der Waals surface area (Å²) in [4.78, 5) is 14.4. The molecule has 3 N–H and O–H groups in total. The molecule has 4 heteroatoms. The highest BCUT2D eigenvalue weighted by Crippen LogP contribution is 2.20. The first-order valence-corrected chi connectivity index (χ1v) is 7.95. The van der Waals surface area contributed by atoms with E-state index in [1.54, 1.807) is 0 Å². The summed E-state index contributed by atoms with van der Waals surface area (Å²) >= 11 is 0. The highest BCUT2D eigenvalue weighted by molar-refractivity contribution is 5.92. The van der Waals surface area contributed by atoms with Gasteiger partial charge in [-0.25, -0.2) is 0 Å². The van der Waals surface area contributed by atoms with E-state index in [1.165, 1.54) is 0 Å². The number of nitrogen functional groups attached to an aromatic ring is 1. The molecule has 118 valence electrons. The SMILES string of the molecule is CCCN(CCC)CCCC(=O)Nc1cccc(N)c1C. The third-order valence-electron chi connectivity index (χ3n) is 3.61. The Hall–Kier alpha value is -1.55. The van der Waals surface area contributed by atoms with Crippen molar-refractivity contribution in [2.45, 2.75) is 46.5 Å². The molecule has 0 heterocycles. The number of hydrogen-bond acceptors (Lipinski definition) is 3. The van der Waals surface area contributed by atoms with Crippen molar-refractivity contribution in [3.05, 3.63) is 23.8 Å². The molecule has 0 aliphatic heterocycles. The Morgan fingerprint density at radius 2 is 1.86 bits per heavy atom. The lowest BCUT2D eigenvalue weighted by Crippen LogP contribution is -2.27. The van der Waals surface area contributed by atoms with E-state index in [4.69, 9.17) is 5.73 Å². The Kier molecular flexibility index (Phi) is 7.83. The van der Waals surface area contributed by atoms with Gasteiger partial charge in [0, 0.05) is 17.8 Å². The number of amides is 1. The average Bonchev–Trinajstić information content (AvgIpc) is 2.44. The second kappa shape index (κ2) is 9.40. The van der Waals surface area contributed by atoms with Crippen molar-refractivity contribution in [2.75, 3.05) is 30.7 Å². The smallest absolute Gasteiger partial charge is 0.224 e. The third-order valence-corrected chi connectivity index (χ3v) is 3.61. The van der Waals surface area contributed by atoms with Crippen LogP contribution in [-0.4, -0.2) is 30.4 Å². The summed E-state index contributed by atoms with van der Waals surface area (Å²) in [7, 11) is 0. The zero-order valence-corrected chi connectivity index (χ0v) is 13.6. The van der Waals surface area contributed by atoms with Crippen LogP contribution in [0.25, 0.3) is 0 Å². The molecule has 0 aromatic heterocycles. The van der Waals surface area contributed by atoms with Gasteiger partial charge in [0.05, 0.1) is 0 Å². The van der Waals surface area contributed by atoms with Crippen LogP contribution in [0.2, 0.25) is 0 Å². The maximum Gasteiger partial charge on any atom is 0.224 e. The Morgan fingerprint density at radius 3 is 2.48 bits per heavy atom. The molecule has 0 spiro atoms. The molecule has 0 radical (unpaired) electrons. The Labute approximate surface area is 128 Å². The van der Waals surface area contributed by atoms with Crippen molar-refractivity contribution in [1.29, 1.82) is 0 Å². The van der Waals surface area contributed by atoms with Crippen molar-refractivity contribution < 1.29 is 4.79 Å². The van der Waals surface area contributed by atoms with Gasteiger partial charge in [-0.2, -0.15) is 0 Å². The molecule has 0 saturated heterocycles. The Bertz CT molecular complexity index is 440. The maximum atomic E-state index is 12.0. The zero-order chi connectivity index (χ0) is 15.7. The van der Waals surface area contributed by atoms with E-state index < -0.39 is 0 Å². The average molecular weight is 291 g/mol. The van der Waals surface area contributed by atoms with Gasteiger partial charge in [0.2, 0.25) is 5.91 Å². The molecule has 0 saturated carbocycles. The fraction of sp³-hybridized carbons (Fsp3) is 0.588. The second-order valence-electron chi connectivity index (χ2n) is 5.51. The minimum atomic E-state index is 0.0663. The first-order valence-electron chi connectivity index (χ1n) is 7.95. The molecular formula is C17H29N3O. The number of nitrogens with two attached hydrogens (primary N) is 1.